The summed E-state index contributed by atoms with van der Waals surface area (Å²) < 4.78 is 30.3. The van der Waals surface area contributed by atoms with Crippen LogP contribution in [0.3, 0.4) is 0 Å². The van der Waals surface area contributed by atoms with Crippen molar-refractivity contribution in [3.8, 4) is 5.75 Å². The number of hydrogen-bond donors (Lipinski definition) is 0. The number of benzene rings is 2. The average Bonchev–Trinajstić information content (AvgIpc) is 2.66. The number of ether oxygens (including phenoxy) is 1. The first-order valence-corrected chi connectivity index (χ1v) is 10.9. The maximum atomic E-state index is 12.8. The van der Waals surface area contributed by atoms with Gasteiger partial charge in [0.25, 0.3) is 0 Å². The van der Waals surface area contributed by atoms with Gasteiger partial charge in [-0.3, -0.25) is 0 Å². The Morgan fingerprint density at radius 1 is 1.14 bits per heavy atom. The molecule has 0 N–H and O–H groups in total. The molecule has 2 aromatic carbocycles. The van der Waals surface area contributed by atoms with Crippen LogP contribution >= 0.6 is 11.6 Å². The van der Waals surface area contributed by atoms with Gasteiger partial charge in [0.1, 0.15) is 11.9 Å². The molecule has 0 fully saturated rings. The van der Waals surface area contributed by atoms with Gasteiger partial charge in [0.15, 0.2) is 11.4 Å². The molecule has 0 bridgehead atoms. The number of halogens is 1. The van der Waals surface area contributed by atoms with Crippen molar-refractivity contribution in [2.75, 3.05) is 13.3 Å². The molecule has 0 amide bonds. The summed E-state index contributed by atoms with van der Waals surface area (Å²) in [5.41, 5.74) is 1.54. The summed E-state index contributed by atoms with van der Waals surface area (Å²) in [4.78, 5) is 15.2. The molecule has 7 nitrogen and oxygen atoms in total. The Kier molecular flexibility index (Phi) is 5.53. The van der Waals surface area contributed by atoms with Crippen LogP contribution in [0.1, 0.15) is 6.92 Å². The highest BCUT2D eigenvalue weighted by atomic mass is 35.5. The van der Waals surface area contributed by atoms with Crippen molar-refractivity contribution < 1.29 is 23.1 Å². The molecule has 0 saturated carbocycles. The van der Waals surface area contributed by atoms with E-state index in [1.807, 2.05) is 0 Å². The van der Waals surface area contributed by atoms with Gasteiger partial charge < -0.3 is 14.6 Å². The monoisotopic (exact) mass is 434 g/mol. The Morgan fingerprint density at radius 3 is 2.38 bits per heavy atom. The summed E-state index contributed by atoms with van der Waals surface area (Å²) in [5.74, 6) is -1.05. The maximum absolute atomic E-state index is 12.8. The Morgan fingerprint density at radius 2 is 1.79 bits per heavy atom. The fourth-order valence-corrected chi connectivity index (χ4v) is 4.06. The van der Waals surface area contributed by atoms with Crippen LogP contribution in [-0.2, 0) is 14.8 Å². The van der Waals surface area contributed by atoms with E-state index in [0.29, 0.717) is 21.9 Å². The van der Waals surface area contributed by atoms with E-state index >= 15 is 0 Å². The highest BCUT2D eigenvalue weighted by Crippen LogP contribution is 2.38. The molecule has 0 saturated heterocycles. The van der Waals surface area contributed by atoms with Crippen LogP contribution in [0.2, 0.25) is 5.02 Å². The standard InChI is InChI=1S/C20H19ClN2O5S/c1-13(20(24)25)28-18-8-6-16(7-9-18)23(2,29(3,26)27)17-10-14-4-5-15(21)11-19(14)22-12-17/h4-13H,1-3H3. The molecule has 2 atom stereocenters. The highest BCUT2D eigenvalue weighted by molar-refractivity contribution is 7.90. The first kappa shape index (κ1) is 21.0. The van der Waals surface area contributed by atoms with Crippen LogP contribution in [0.25, 0.3) is 10.9 Å². The number of rotatable bonds is 6. The number of carbonyl (C=O) groups is 1. The smallest absolute Gasteiger partial charge is 0.303 e. The lowest BCUT2D eigenvalue weighted by Crippen LogP contribution is -2.45. The number of carboxylic acids is 1. The summed E-state index contributed by atoms with van der Waals surface area (Å²) in [5, 5.41) is 12.1. The summed E-state index contributed by atoms with van der Waals surface area (Å²) in [6, 6.07) is 13.1. The minimum Gasteiger partial charge on any atom is -0.546 e. The first-order valence-electron chi connectivity index (χ1n) is 8.63. The molecular formula is C20H19ClN2O5S. The fraction of sp³-hybridized carbons (Fsp3) is 0.200. The number of sulfonamides is 1. The molecular weight excluding hydrogens is 416 g/mol. The zero-order valence-electron chi connectivity index (χ0n) is 16.0. The molecule has 0 aliphatic rings. The third-order valence-corrected chi connectivity index (χ3v) is 6.75. The Balaban J connectivity index is 2.08. The van der Waals surface area contributed by atoms with E-state index in [-0.39, 0.29) is 5.75 Å². The van der Waals surface area contributed by atoms with Crippen molar-refractivity contribution in [1.82, 2.24) is 8.87 Å². The number of aromatic nitrogens is 1. The molecule has 1 aromatic heterocycles. The molecule has 3 aromatic rings. The predicted octanol–water partition coefficient (Wildman–Crippen LogP) is 2.63. The maximum Gasteiger partial charge on any atom is 0.303 e. The van der Waals surface area contributed by atoms with Gasteiger partial charge in [-0.2, -0.15) is 12.3 Å². The van der Waals surface area contributed by atoms with E-state index in [0.717, 1.165) is 11.6 Å². The third kappa shape index (κ3) is 4.05. The SMILES string of the molecule is CC(Oc1ccc([N+](C)(c2cnc3cc(Cl)ccc3c2)S(C)(=O)=O)cc1)C(=O)[O-]. The molecule has 0 radical (unpaired) electrons. The number of fused-ring (bicyclic) bond motifs is 1. The number of carboxylic acid groups (broad SMARTS) is 1. The van der Waals surface area contributed by atoms with Crippen molar-refractivity contribution in [1.29, 1.82) is 0 Å². The lowest BCUT2D eigenvalue weighted by atomic mass is 10.2. The Bertz CT molecular complexity index is 1180. The van der Waals surface area contributed by atoms with E-state index < -0.39 is 26.0 Å². The molecule has 3 rings (SSSR count). The average molecular weight is 435 g/mol. The van der Waals surface area contributed by atoms with Crippen LogP contribution in [0.15, 0.2) is 54.7 Å². The zero-order valence-corrected chi connectivity index (χ0v) is 17.6. The largest absolute Gasteiger partial charge is 0.546 e. The minimum atomic E-state index is -3.67. The van der Waals surface area contributed by atoms with Gasteiger partial charge in [-0.1, -0.05) is 17.7 Å². The van der Waals surface area contributed by atoms with Crippen LogP contribution in [0.4, 0.5) is 11.4 Å². The molecule has 1 heterocycles. The van der Waals surface area contributed by atoms with Gasteiger partial charge in [-0.05, 0) is 31.2 Å². The van der Waals surface area contributed by atoms with Crippen molar-refractivity contribution >= 4 is 49.9 Å². The van der Waals surface area contributed by atoms with Crippen molar-refractivity contribution in [2.24, 2.45) is 0 Å². The van der Waals surface area contributed by atoms with Crippen LogP contribution in [0, 0.1) is 0 Å². The molecule has 0 spiro atoms. The van der Waals surface area contributed by atoms with E-state index in [9.17, 15) is 18.3 Å². The second-order valence-corrected chi connectivity index (χ2v) is 9.39. The second kappa shape index (κ2) is 7.62. The summed E-state index contributed by atoms with van der Waals surface area (Å²) in [7, 11) is -2.12. The van der Waals surface area contributed by atoms with E-state index in [2.05, 4.69) is 4.98 Å². The van der Waals surface area contributed by atoms with Gasteiger partial charge in [0.05, 0.1) is 31.0 Å². The number of quaternary nitrogens is 1. The summed E-state index contributed by atoms with van der Waals surface area (Å²) in [6.07, 6.45) is 1.51. The van der Waals surface area contributed by atoms with Gasteiger partial charge >= 0.3 is 10.0 Å². The van der Waals surface area contributed by atoms with Gasteiger partial charge in [0.2, 0.25) is 0 Å². The van der Waals surface area contributed by atoms with Crippen molar-refractivity contribution in [2.45, 2.75) is 13.0 Å². The summed E-state index contributed by atoms with van der Waals surface area (Å²) in [6.45, 7) is 1.35. The lowest BCUT2D eigenvalue weighted by molar-refractivity contribution is -0.312. The fourth-order valence-electron chi connectivity index (χ4n) is 2.91. The zero-order chi connectivity index (χ0) is 21.4. The number of aliphatic carboxylic acids is 1. The van der Waals surface area contributed by atoms with E-state index in [1.54, 1.807) is 43.4 Å². The van der Waals surface area contributed by atoms with Gasteiger partial charge in [-0.15, -0.1) is 0 Å². The number of hydrogen-bond acceptors (Lipinski definition) is 6. The van der Waals surface area contributed by atoms with Gasteiger partial charge in [0, 0.05) is 28.6 Å². The van der Waals surface area contributed by atoms with Crippen molar-refractivity contribution in [3.05, 3.63) is 59.8 Å². The number of carbonyl (C=O) groups excluding carboxylic acids is 1. The minimum absolute atomic E-state index is 0.289. The number of pyridine rings is 1. The molecule has 9 heteroatoms. The lowest BCUT2D eigenvalue weighted by Gasteiger charge is -2.30. The molecule has 0 aliphatic carbocycles. The van der Waals surface area contributed by atoms with E-state index in [4.69, 9.17) is 16.3 Å². The van der Waals surface area contributed by atoms with Crippen LogP contribution < -0.4 is 13.7 Å². The van der Waals surface area contributed by atoms with Crippen LogP contribution in [0.5, 0.6) is 5.75 Å². The third-order valence-electron chi connectivity index (χ3n) is 4.76. The first-order chi connectivity index (χ1) is 13.5. The molecule has 29 heavy (non-hydrogen) atoms. The van der Waals surface area contributed by atoms with Gasteiger partial charge in [-0.25, -0.2) is 4.98 Å². The quantitative estimate of drug-likeness (QED) is 0.553. The van der Waals surface area contributed by atoms with E-state index in [1.165, 1.54) is 25.3 Å². The number of nitrogens with zero attached hydrogens (tertiary/aromatic N) is 2. The normalized spacial score (nSPS) is 14.9. The molecule has 2 unspecified atom stereocenters. The second-order valence-electron chi connectivity index (χ2n) is 6.76. The predicted molar refractivity (Wildman–Crippen MR) is 111 cm³/mol. The van der Waals surface area contributed by atoms with Crippen molar-refractivity contribution in [3.63, 3.8) is 0 Å². The summed E-state index contributed by atoms with van der Waals surface area (Å²) >= 11 is 5.99. The topological polar surface area (TPSA) is 96.4 Å². The molecule has 152 valence electrons. The Hall–Kier alpha value is -2.68. The highest BCUT2D eigenvalue weighted by Gasteiger charge is 2.39. The van der Waals surface area contributed by atoms with Crippen LogP contribution in [-0.4, -0.2) is 38.8 Å². The Labute approximate surface area is 173 Å². The molecule has 0 aliphatic heterocycles.